The van der Waals surface area contributed by atoms with E-state index >= 15 is 0 Å². The molecule has 0 bridgehead atoms. The molecule has 1 aliphatic heterocycles. The summed E-state index contributed by atoms with van der Waals surface area (Å²) in [7, 11) is 1.31. The summed E-state index contributed by atoms with van der Waals surface area (Å²) in [6.07, 6.45) is 3.23. The summed E-state index contributed by atoms with van der Waals surface area (Å²) in [5, 5.41) is 3.98. The van der Waals surface area contributed by atoms with E-state index in [1.807, 2.05) is 0 Å². The highest BCUT2D eigenvalue weighted by Crippen LogP contribution is 2.13. The maximum atomic E-state index is 12.8. The molecule has 0 unspecified atom stereocenters. The van der Waals surface area contributed by atoms with Crippen LogP contribution in [0.5, 0.6) is 0 Å². The molecule has 0 aromatic heterocycles. The monoisotopic (exact) mass is 355 g/mol. The van der Waals surface area contributed by atoms with E-state index in [2.05, 4.69) is 17.3 Å². The Labute approximate surface area is 148 Å². The smallest absolute Gasteiger partial charge is 0.408 e. The highest BCUT2D eigenvalue weighted by Gasteiger charge is 2.33. The van der Waals surface area contributed by atoms with Gasteiger partial charge in [0.05, 0.1) is 7.11 Å². The third kappa shape index (κ3) is 7.13. The fourth-order valence-electron chi connectivity index (χ4n) is 2.44. The topological polar surface area (TPSA) is 97.0 Å². The number of carbonyl (C=O) groups is 3. The number of rotatable bonds is 6. The van der Waals surface area contributed by atoms with Crippen LogP contribution in [0.15, 0.2) is 12.7 Å². The number of amides is 2. The molecule has 1 rings (SSSR count). The first-order valence-electron chi connectivity index (χ1n) is 8.43. The molecule has 25 heavy (non-hydrogen) atoms. The summed E-state index contributed by atoms with van der Waals surface area (Å²) < 4.78 is 9.94. The molecule has 0 aromatic carbocycles. The summed E-state index contributed by atoms with van der Waals surface area (Å²) in [5.74, 6) is -0.735. The van der Waals surface area contributed by atoms with Gasteiger partial charge in [-0.3, -0.25) is 14.6 Å². The van der Waals surface area contributed by atoms with Gasteiger partial charge in [0.1, 0.15) is 17.7 Å². The Hall–Kier alpha value is -2.09. The Morgan fingerprint density at radius 1 is 1.40 bits per heavy atom. The van der Waals surface area contributed by atoms with Gasteiger partial charge in [-0.1, -0.05) is 6.08 Å². The Morgan fingerprint density at radius 2 is 2.08 bits per heavy atom. The zero-order valence-electron chi connectivity index (χ0n) is 15.5. The number of allylic oxidation sites excluding steroid dienone is 1. The third-order valence-electron chi connectivity index (χ3n) is 3.59. The Bertz CT molecular complexity index is 501. The summed E-state index contributed by atoms with van der Waals surface area (Å²) in [6.45, 7) is 9.35. The Morgan fingerprint density at radius 3 is 2.64 bits per heavy atom. The molecule has 2 amide bonds. The second-order valence-corrected chi connectivity index (χ2v) is 6.90. The van der Waals surface area contributed by atoms with Crippen molar-refractivity contribution in [1.82, 2.24) is 15.8 Å². The first-order valence-corrected chi connectivity index (χ1v) is 8.43. The van der Waals surface area contributed by atoms with Gasteiger partial charge in [0.15, 0.2) is 0 Å². The van der Waals surface area contributed by atoms with Crippen LogP contribution >= 0.6 is 0 Å². The standard InChI is InChI=1S/C17H29N3O5/c1-6-7-9-12(18-16(23)25-17(2,3)4)14(21)20-11-8-10-13(19-20)15(22)24-5/h6,12-13,19H,1,7-11H2,2-5H3,(H,18,23)/t12-,13-/m0/s1. The predicted octanol–water partition coefficient (Wildman–Crippen LogP) is 1.51. The normalized spacial score (nSPS) is 18.9. The Kier molecular flexibility index (Phi) is 7.89. The highest BCUT2D eigenvalue weighted by atomic mass is 16.6. The van der Waals surface area contributed by atoms with Gasteiger partial charge < -0.3 is 14.8 Å². The third-order valence-corrected chi connectivity index (χ3v) is 3.59. The minimum Gasteiger partial charge on any atom is -0.468 e. The van der Waals surface area contributed by atoms with Gasteiger partial charge in [-0.05, 0) is 46.5 Å². The van der Waals surface area contributed by atoms with Crippen molar-refractivity contribution >= 4 is 18.0 Å². The molecule has 142 valence electrons. The van der Waals surface area contributed by atoms with Crippen LogP contribution in [-0.4, -0.2) is 54.3 Å². The SMILES string of the molecule is C=CCC[C@H](NC(=O)OC(C)(C)C)C(=O)N1CCC[C@@H](C(=O)OC)N1. The van der Waals surface area contributed by atoms with E-state index in [1.54, 1.807) is 26.8 Å². The van der Waals surface area contributed by atoms with Crippen LogP contribution in [0.1, 0.15) is 46.5 Å². The van der Waals surface area contributed by atoms with Crippen LogP contribution in [0.4, 0.5) is 4.79 Å². The van der Waals surface area contributed by atoms with Crippen molar-refractivity contribution in [1.29, 1.82) is 0 Å². The molecule has 1 aliphatic rings. The molecular weight excluding hydrogens is 326 g/mol. The molecule has 0 radical (unpaired) electrons. The molecule has 0 spiro atoms. The van der Waals surface area contributed by atoms with Crippen LogP contribution in [0.2, 0.25) is 0 Å². The lowest BCUT2D eigenvalue weighted by atomic mass is 10.1. The van der Waals surface area contributed by atoms with E-state index in [9.17, 15) is 14.4 Å². The van der Waals surface area contributed by atoms with Crippen LogP contribution in [0.3, 0.4) is 0 Å². The number of hydrazine groups is 1. The molecule has 1 saturated heterocycles. The molecule has 1 heterocycles. The second-order valence-electron chi connectivity index (χ2n) is 6.90. The second kappa shape index (κ2) is 9.41. The van der Waals surface area contributed by atoms with Crippen LogP contribution in [0.25, 0.3) is 0 Å². The number of esters is 1. The number of carbonyl (C=O) groups excluding carboxylic acids is 3. The number of methoxy groups -OCH3 is 1. The van der Waals surface area contributed by atoms with E-state index in [-0.39, 0.29) is 5.91 Å². The first kappa shape index (κ1) is 21.0. The lowest BCUT2D eigenvalue weighted by Crippen LogP contribution is -2.60. The van der Waals surface area contributed by atoms with E-state index in [0.29, 0.717) is 32.2 Å². The first-order chi connectivity index (χ1) is 11.7. The maximum Gasteiger partial charge on any atom is 0.408 e. The van der Waals surface area contributed by atoms with E-state index < -0.39 is 29.7 Å². The molecule has 8 nitrogen and oxygen atoms in total. The molecular formula is C17H29N3O5. The van der Waals surface area contributed by atoms with Crippen molar-refractivity contribution in [3.8, 4) is 0 Å². The highest BCUT2D eigenvalue weighted by molar-refractivity contribution is 5.86. The number of alkyl carbamates (subject to hydrolysis) is 1. The number of nitrogens with one attached hydrogen (secondary N) is 2. The van der Waals surface area contributed by atoms with E-state index in [1.165, 1.54) is 12.1 Å². The summed E-state index contributed by atoms with van der Waals surface area (Å²) in [4.78, 5) is 36.5. The quantitative estimate of drug-likeness (QED) is 0.554. The molecule has 0 saturated carbocycles. The molecule has 0 aromatic rings. The summed E-state index contributed by atoms with van der Waals surface area (Å²) >= 11 is 0. The molecule has 2 atom stereocenters. The molecule has 8 heteroatoms. The van der Waals surface area contributed by atoms with E-state index in [0.717, 1.165) is 0 Å². The average Bonchev–Trinajstić information content (AvgIpc) is 2.55. The van der Waals surface area contributed by atoms with E-state index in [4.69, 9.17) is 9.47 Å². The fourth-order valence-corrected chi connectivity index (χ4v) is 2.44. The number of hydrogen-bond acceptors (Lipinski definition) is 6. The van der Waals surface area contributed by atoms with Crippen molar-refractivity contribution in [3.63, 3.8) is 0 Å². The Balaban J connectivity index is 2.76. The largest absolute Gasteiger partial charge is 0.468 e. The number of hydrogen-bond donors (Lipinski definition) is 2. The van der Waals surface area contributed by atoms with Gasteiger partial charge in [-0.25, -0.2) is 10.2 Å². The van der Waals surface area contributed by atoms with Gasteiger partial charge in [0.25, 0.3) is 5.91 Å². The van der Waals surface area contributed by atoms with Gasteiger partial charge in [0.2, 0.25) is 0 Å². The van der Waals surface area contributed by atoms with Crippen molar-refractivity contribution in [2.45, 2.75) is 64.1 Å². The number of ether oxygens (including phenoxy) is 2. The van der Waals surface area contributed by atoms with Crippen molar-refractivity contribution in [3.05, 3.63) is 12.7 Å². The lowest BCUT2D eigenvalue weighted by molar-refractivity contribution is -0.150. The summed E-state index contributed by atoms with van der Waals surface area (Å²) in [5.41, 5.74) is 2.22. The van der Waals surface area contributed by atoms with Gasteiger partial charge >= 0.3 is 12.1 Å². The summed E-state index contributed by atoms with van der Waals surface area (Å²) in [6, 6.07) is -1.33. The molecule has 0 aliphatic carbocycles. The van der Waals surface area contributed by atoms with Crippen LogP contribution in [0, 0.1) is 0 Å². The zero-order valence-corrected chi connectivity index (χ0v) is 15.5. The van der Waals surface area contributed by atoms with Crippen LogP contribution in [-0.2, 0) is 19.1 Å². The van der Waals surface area contributed by atoms with Gasteiger partial charge in [-0.2, -0.15) is 0 Å². The number of nitrogens with zero attached hydrogens (tertiary/aromatic N) is 1. The minimum atomic E-state index is -0.767. The van der Waals surface area contributed by atoms with Crippen molar-refractivity contribution in [2.75, 3.05) is 13.7 Å². The van der Waals surface area contributed by atoms with Gasteiger partial charge in [-0.15, -0.1) is 6.58 Å². The average molecular weight is 355 g/mol. The minimum absolute atomic E-state index is 0.318. The van der Waals surface area contributed by atoms with Gasteiger partial charge in [0, 0.05) is 6.54 Å². The lowest BCUT2D eigenvalue weighted by Gasteiger charge is -2.35. The van der Waals surface area contributed by atoms with Crippen molar-refractivity contribution in [2.24, 2.45) is 0 Å². The zero-order chi connectivity index (χ0) is 19.0. The van der Waals surface area contributed by atoms with Crippen LogP contribution < -0.4 is 10.7 Å². The molecule has 1 fully saturated rings. The fraction of sp³-hybridized carbons (Fsp3) is 0.706. The van der Waals surface area contributed by atoms with Crippen molar-refractivity contribution < 1.29 is 23.9 Å². The predicted molar refractivity (Wildman–Crippen MR) is 92.5 cm³/mol. The maximum absolute atomic E-state index is 12.8. The molecule has 2 N–H and O–H groups in total.